The van der Waals surface area contributed by atoms with Crippen LogP contribution in [0.5, 0.6) is 0 Å². The van der Waals surface area contributed by atoms with Gasteiger partial charge in [0.25, 0.3) is 6.47 Å². The van der Waals surface area contributed by atoms with Gasteiger partial charge in [0.05, 0.1) is 0 Å². The van der Waals surface area contributed by atoms with Crippen molar-refractivity contribution >= 4 is 6.47 Å². The van der Waals surface area contributed by atoms with Crippen LogP contribution in [0.2, 0.25) is 0 Å². The fraction of sp³-hybridized carbons (Fsp3) is 0.611. The van der Waals surface area contributed by atoms with Crippen molar-refractivity contribution in [2.75, 3.05) is 0 Å². The number of hydrogen-bond acceptors (Lipinski definition) is 2. The number of benzene rings is 1. The molecule has 2 nitrogen and oxygen atoms in total. The molecule has 0 unspecified atom stereocenters. The quantitative estimate of drug-likeness (QED) is 0.417. The van der Waals surface area contributed by atoms with Crippen LogP contribution in [0.25, 0.3) is 0 Å². The summed E-state index contributed by atoms with van der Waals surface area (Å²) in [5.74, 6) is 0. The van der Waals surface area contributed by atoms with Gasteiger partial charge in [-0.25, -0.2) is 0 Å². The van der Waals surface area contributed by atoms with Gasteiger partial charge in [-0.05, 0) is 5.56 Å². The van der Waals surface area contributed by atoms with Gasteiger partial charge in [0, 0.05) is 0 Å². The van der Waals surface area contributed by atoms with Crippen LogP contribution in [-0.4, -0.2) is 6.47 Å². The fourth-order valence-electron chi connectivity index (χ4n) is 1.91. The molecular weight excluding hydrogens is 248 g/mol. The van der Waals surface area contributed by atoms with Crippen molar-refractivity contribution in [3.8, 4) is 0 Å². The lowest BCUT2D eigenvalue weighted by Crippen LogP contribution is -1.88. The lowest BCUT2D eigenvalue weighted by Gasteiger charge is -1.97. The molecule has 0 spiro atoms. The molecule has 0 radical (unpaired) electrons. The van der Waals surface area contributed by atoms with Crippen LogP contribution in [0, 0.1) is 0 Å². The summed E-state index contributed by atoms with van der Waals surface area (Å²) >= 11 is 0. The Morgan fingerprint density at radius 3 is 1.80 bits per heavy atom. The average molecular weight is 278 g/mol. The van der Waals surface area contributed by atoms with Crippen molar-refractivity contribution in [1.82, 2.24) is 0 Å². The minimum absolute atomic E-state index is 0.365. The Balaban J connectivity index is 0.000000361. The average Bonchev–Trinajstić information content (AvgIpc) is 2.50. The zero-order valence-electron chi connectivity index (χ0n) is 13.1. The largest absolute Gasteiger partial charge is 0.463 e. The van der Waals surface area contributed by atoms with E-state index in [-0.39, 0.29) is 0 Å². The molecule has 0 N–H and O–H groups in total. The van der Waals surface area contributed by atoms with Gasteiger partial charge in [-0.2, -0.15) is 0 Å². The topological polar surface area (TPSA) is 26.3 Å². The first-order chi connectivity index (χ1) is 9.85. The molecule has 0 aliphatic rings. The van der Waals surface area contributed by atoms with Crippen LogP contribution >= 0.6 is 0 Å². The lowest BCUT2D eigenvalue weighted by atomic mass is 10.1. The van der Waals surface area contributed by atoms with E-state index in [9.17, 15) is 4.79 Å². The predicted octanol–water partition coefficient (Wildman–Crippen LogP) is 5.51. The smallest absolute Gasteiger partial charge is 0.293 e. The van der Waals surface area contributed by atoms with Crippen molar-refractivity contribution in [3.63, 3.8) is 0 Å². The van der Waals surface area contributed by atoms with Crippen LogP contribution in [0.15, 0.2) is 30.3 Å². The molecule has 0 atom stereocenters. The van der Waals surface area contributed by atoms with E-state index in [4.69, 9.17) is 0 Å². The molecule has 0 aromatic heterocycles. The number of unbranched alkanes of at least 4 members (excludes halogenated alkanes) is 7. The van der Waals surface area contributed by atoms with Crippen LogP contribution in [-0.2, 0) is 16.1 Å². The van der Waals surface area contributed by atoms with E-state index < -0.39 is 0 Å². The van der Waals surface area contributed by atoms with Gasteiger partial charge in [0.1, 0.15) is 6.61 Å². The van der Waals surface area contributed by atoms with E-state index in [0.29, 0.717) is 13.1 Å². The minimum Gasteiger partial charge on any atom is -0.463 e. The Bertz CT molecular complexity index is 288. The highest BCUT2D eigenvalue weighted by Crippen LogP contribution is 2.07. The third-order valence-electron chi connectivity index (χ3n) is 3.12. The molecule has 1 rings (SSSR count). The van der Waals surface area contributed by atoms with Crippen LogP contribution in [0.4, 0.5) is 0 Å². The van der Waals surface area contributed by atoms with E-state index in [1.54, 1.807) is 0 Å². The number of ether oxygens (including phenoxy) is 1. The van der Waals surface area contributed by atoms with Gasteiger partial charge in [0.2, 0.25) is 0 Å². The zero-order valence-corrected chi connectivity index (χ0v) is 13.1. The normalized spacial score (nSPS) is 9.50. The molecule has 0 aliphatic carbocycles. The standard InChI is InChI=1S/C10H22.C8H8O2/c1-3-5-7-9-10-8-6-4-2;9-7-10-6-8-4-2-1-3-5-8/h3-10H2,1-2H3;1-5,7H,6H2. The van der Waals surface area contributed by atoms with E-state index in [0.717, 1.165) is 5.56 Å². The molecule has 2 heteroatoms. The minimum atomic E-state index is 0.365. The predicted molar refractivity (Wildman–Crippen MR) is 85.6 cm³/mol. The highest BCUT2D eigenvalue weighted by molar-refractivity contribution is 5.37. The van der Waals surface area contributed by atoms with E-state index >= 15 is 0 Å². The fourth-order valence-corrected chi connectivity index (χ4v) is 1.91. The van der Waals surface area contributed by atoms with Gasteiger partial charge in [-0.1, -0.05) is 95.5 Å². The summed E-state index contributed by atoms with van der Waals surface area (Å²) < 4.78 is 4.54. The lowest BCUT2D eigenvalue weighted by molar-refractivity contribution is -0.129. The van der Waals surface area contributed by atoms with Crippen molar-refractivity contribution in [1.29, 1.82) is 0 Å². The molecule has 0 bridgehead atoms. The third-order valence-corrected chi connectivity index (χ3v) is 3.12. The number of hydrogen-bond donors (Lipinski definition) is 0. The molecule has 0 amide bonds. The number of rotatable bonds is 10. The Morgan fingerprint density at radius 1 is 0.850 bits per heavy atom. The Morgan fingerprint density at radius 2 is 1.35 bits per heavy atom. The van der Waals surface area contributed by atoms with Gasteiger partial charge in [-0.15, -0.1) is 0 Å². The summed E-state index contributed by atoms with van der Waals surface area (Å²) in [5, 5.41) is 0. The Hall–Kier alpha value is -1.31. The van der Waals surface area contributed by atoms with Crippen molar-refractivity contribution in [2.45, 2.75) is 71.8 Å². The number of carbonyl (C=O) groups excluding carboxylic acids is 1. The first-order valence-electron chi connectivity index (χ1n) is 7.94. The molecular formula is C18H30O2. The Kier molecular flexibility index (Phi) is 14.7. The zero-order chi connectivity index (χ0) is 14.9. The first-order valence-corrected chi connectivity index (χ1v) is 7.94. The highest BCUT2D eigenvalue weighted by Gasteiger charge is 1.88. The molecule has 0 aliphatic heterocycles. The molecule has 20 heavy (non-hydrogen) atoms. The maximum Gasteiger partial charge on any atom is 0.293 e. The maximum atomic E-state index is 9.76. The molecule has 0 saturated carbocycles. The molecule has 0 fully saturated rings. The monoisotopic (exact) mass is 278 g/mol. The van der Waals surface area contributed by atoms with Gasteiger partial charge in [-0.3, -0.25) is 4.79 Å². The van der Waals surface area contributed by atoms with E-state index in [1.165, 1.54) is 51.4 Å². The second kappa shape index (κ2) is 15.7. The molecule has 0 heterocycles. The summed E-state index contributed by atoms with van der Waals surface area (Å²) in [5.41, 5.74) is 1.01. The molecule has 1 aromatic carbocycles. The summed E-state index contributed by atoms with van der Waals surface area (Å²) in [6.45, 7) is 5.36. The van der Waals surface area contributed by atoms with Crippen molar-refractivity contribution in [2.24, 2.45) is 0 Å². The van der Waals surface area contributed by atoms with Gasteiger partial charge in [0.15, 0.2) is 0 Å². The van der Waals surface area contributed by atoms with E-state index in [2.05, 4.69) is 18.6 Å². The maximum absolute atomic E-state index is 9.76. The summed E-state index contributed by atoms with van der Waals surface area (Å²) in [7, 11) is 0. The van der Waals surface area contributed by atoms with Gasteiger partial charge >= 0.3 is 0 Å². The van der Waals surface area contributed by atoms with Crippen molar-refractivity contribution in [3.05, 3.63) is 35.9 Å². The molecule has 0 saturated heterocycles. The summed E-state index contributed by atoms with van der Waals surface area (Å²) in [6.07, 6.45) is 11.5. The Labute approximate surface area is 124 Å². The summed E-state index contributed by atoms with van der Waals surface area (Å²) in [4.78, 5) is 9.76. The second-order valence-electron chi connectivity index (χ2n) is 5.01. The second-order valence-corrected chi connectivity index (χ2v) is 5.01. The van der Waals surface area contributed by atoms with Crippen LogP contribution in [0.1, 0.15) is 70.8 Å². The first kappa shape index (κ1) is 18.7. The van der Waals surface area contributed by atoms with Gasteiger partial charge < -0.3 is 4.74 Å². The molecule has 1 aromatic rings. The molecule has 114 valence electrons. The number of carbonyl (C=O) groups is 1. The van der Waals surface area contributed by atoms with Crippen LogP contribution < -0.4 is 0 Å². The van der Waals surface area contributed by atoms with Crippen molar-refractivity contribution < 1.29 is 9.53 Å². The summed E-state index contributed by atoms with van der Waals surface area (Å²) in [6, 6.07) is 9.55. The van der Waals surface area contributed by atoms with E-state index in [1.807, 2.05) is 30.3 Å². The van der Waals surface area contributed by atoms with Crippen LogP contribution in [0.3, 0.4) is 0 Å². The SMILES string of the molecule is CCCCCCCCCC.O=COCc1ccccc1. The third kappa shape index (κ3) is 13.1. The highest BCUT2D eigenvalue weighted by atomic mass is 16.5.